The Morgan fingerprint density at radius 1 is 1.16 bits per heavy atom. The van der Waals surface area contributed by atoms with Crippen molar-refractivity contribution in [1.82, 2.24) is 9.88 Å². The summed E-state index contributed by atoms with van der Waals surface area (Å²) < 4.78 is 2.25. The van der Waals surface area contributed by atoms with Crippen LogP contribution in [0.4, 0.5) is 0 Å². The summed E-state index contributed by atoms with van der Waals surface area (Å²) in [6, 6.07) is 11.2. The number of rotatable bonds is 4. The van der Waals surface area contributed by atoms with Gasteiger partial charge in [0, 0.05) is 31.0 Å². The molecular weight excluding hydrogens is 232 g/mol. The molecule has 19 heavy (non-hydrogen) atoms. The van der Waals surface area contributed by atoms with Crippen LogP contribution in [0, 0.1) is 20.8 Å². The molecule has 1 N–H and O–H groups in total. The van der Waals surface area contributed by atoms with Gasteiger partial charge in [-0.25, -0.2) is 0 Å². The van der Waals surface area contributed by atoms with Crippen LogP contribution < -0.4 is 5.32 Å². The molecule has 1 aromatic carbocycles. The summed E-state index contributed by atoms with van der Waals surface area (Å²) in [6.45, 7) is 9.66. The highest BCUT2D eigenvalue weighted by Crippen LogP contribution is 2.19. The molecule has 1 aromatic heterocycles. The van der Waals surface area contributed by atoms with Gasteiger partial charge >= 0.3 is 0 Å². The van der Waals surface area contributed by atoms with Crippen molar-refractivity contribution in [2.75, 3.05) is 0 Å². The van der Waals surface area contributed by atoms with E-state index in [4.69, 9.17) is 0 Å². The summed E-state index contributed by atoms with van der Waals surface area (Å²) in [5.41, 5.74) is 6.79. The Morgan fingerprint density at radius 2 is 1.84 bits per heavy atom. The van der Waals surface area contributed by atoms with E-state index < -0.39 is 0 Å². The highest BCUT2D eigenvalue weighted by atomic mass is 15.0. The van der Waals surface area contributed by atoms with E-state index in [1.807, 2.05) is 0 Å². The van der Waals surface area contributed by atoms with Crippen LogP contribution in [0.5, 0.6) is 0 Å². The molecule has 0 unspecified atom stereocenters. The van der Waals surface area contributed by atoms with Crippen LogP contribution in [0.1, 0.15) is 41.0 Å². The highest BCUT2D eigenvalue weighted by Gasteiger charge is 2.10. The van der Waals surface area contributed by atoms with E-state index in [9.17, 15) is 0 Å². The SMILES string of the molecule is Cc1ccccc1[C@@H](C)NCc1cc(C)n(C)c1C. The van der Waals surface area contributed by atoms with E-state index >= 15 is 0 Å². The van der Waals surface area contributed by atoms with Gasteiger partial charge in [-0.2, -0.15) is 0 Å². The summed E-state index contributed by atoms with van der Waals surface area (Å²) in [7, 11) is 2.12. The maximum Gasteiger partial charge on any atom is 0.0297 e. The summed E-state index contributed by atoms with van der Waals surface area (Å²) >= 11 is 0. The number of hydrogen-bond donors (Lipinski definition) is 1. The van der Waals surface area contributed by atoms with Gasteiger partial charge in [0.05, 0.1) is 0 Å². The van der Waals surface area contributed by atoms with Crippen LogP contribution in [0.2, 0.25) is 0 Å². The smallest absolute Gasteiger partial charge is 0.0297 e. The second-order valence-electron chi connectivity index (χ2n) is 5.41. The van der Waals surface area contributed by atoms with Crippen molar-refractivity contribution in [1.29, 1.82) is 0 Å². The Kier molecular flexibility index (Phi) is 4.11. The predicted octanol–water partition coefficient (Wildman–Crippen LogP) is 3.80. The zero-order valence-corrected chi connectivity index (χ0v) is 12.6. The van der Waals surface area contributed by atoms with Gasteiger partial charge in [0.15, 0.2) is 0 Å². The summed E-state index contributed by atoms with van der Waals surface area (Å²) in [5.74, 6) is 0. The lowest BCUT2D eigenvalue weighted by Crippen LogP contribution is -2.19. The maximum absolute atomic E-state index is 3.62. The Morgan fingerprint density at radius 3 is 2.42 bits per heavy atom. The van der Waals surface area contributed by atoms with E-state index in [-0.39, 0.29) is 0 Å². The maximum atomic E-state index is 3.62. The third-order valence-corrected chi connectivity index (χ3v) is 4.13. The number of nitrogens with one attached hydrogen (secondary N) is 1. The molecule has 102 valence electrons. The van der Waals surface area contributed by atoms with Crippen LogP contribution >= 0.6 is 0 Å². The molecule has 0 bridgehead atoms. The van der Waals surface area contributed by atoms with Crippen LogP contribution in [-0.4, -0.2) is 4.57 Å². The minimum Gasteiger partial charge on any atom is -0.352 e. The molecule has 0 saturated heterocycles. The molecule has 2 rings (SSSR count). The predicted molar refractivity (Wildman–Crippen MR) is 81.3 cm³/mol. The zero-order chi connectivity index (χ0) is 14.0. The largest absolute Gasteiger partial charge is 0.352 e. The number of nitrogens with zero attached hydrogens (tertiary/aromatic N) is 1. The van der Waals surface area contributed by atoms with Crippen molar-refractivity contribution < 1.29 is 0 Å². The normalized spacial score (nSPS) is 12.7. The molecule has 1 heterocycles. The molecule has 0 fully saturated rings. The minimum atomic E-state index is 0.376. The Labute approximate surface area is 116 Å². The Hall–Kier alpha value is -1.54. The summed E-state index contributed by atoms with van der Waals surface area (Å²) in [6.07, 6.45) is 0. The lowest BCUT2D eigenvalue weighted by Gasteiger charge is -2.16. The average Bonchev–Trinajstić information content (AvgIpc) is 2.64. The van der Waals surface area contributed by atoms with Crippen LogP contribution in [-0.2, 0) is 13.6 Å². The van der Waals surface area contributed by atoms with E-state index in [0.717, 1.165) is 6.54 Å². The Bertz CT molecular complexity index is 567. The third kappa shape index (κ3) is 2.90. The van der Waals surface area contributed by atoms with Crippen molar-refractivity contribution >= 4 is 0 Å². The topological polar surface area (TPSA) is 17.0 Å². The molecule has 0 radical (unpaired) electrons. The molecule has 0 saturated carbocycles. The quantitative estimate of drug-likeness (QED) is 0.880. The lowest BCUT2D eigenvalue weighted by molar-refractivity contribution is 0.570. The van der Waals surface area contributed by atoms with Gasteiger partial charge in [0.1, 0.15) is 0 Å². The van der Waals surface area contributed by atoms with Gasteiger partial charge in [0.25, 0.3) is 0 Å². The van der Waals surface area contributed by atoms with Crippen molar-refractivity contribution in [3.05, 3.63) is 58.4 Å². The third-order valence-electron chi connectivity index (χ3n) is 4.13. The van der Waals surface area contributed by atoms with E-state index in [1.54, 1.807) is 0 Å². The second-order valence-corrected chi connectivity index (χ2v) is 5.41. The van der Waals surface area contributed by atoms with Crippen molar-refractivity contribution in [3.63, 3.8) is 0 Å². The van der Waals surface area contributed by atoms with Crippen LogP contribution in [0.15, 0.2) is 30.3 Å². The van der Waals surface area contributed by atoms with E-state index in [1.165, 1.54) is 28.1 Å². The van der Waals surface area contributed by atoms with Gasteiger partial charge in [0.2, 0.25) is 0 Å². The van der Waals surface area contributed by atoms with Crippen molar-refractivity contribution in [2.24, 2.45) is 7.05 Å². The number of benzene rings is 1. The van der Waals surface area contributed by atoms with Crippen LogP contribution in [0.25, 0.3) is 0 Å². The van der Waals surface area contributed by atoms with Gasteiger partial charge < -0.3 is 9.88 Å². The second kappa shape index (κ2) is 5.62. The lowest BCUT2D eigenvalue weighted by atomic mass is 10.0. The zero-order valence-electron chi connectivity index (χ0n) is 12.6. The molecule has 2 aromatic rings. The number of hydrogen-bond acceptors (Lipinski definition) is 1. The summed E-state index contributed by atoms with van der Waals surface area (Å²) in [4.78, 5) is 0. The van der Waals surface area contributed by atoms with Crippen molar-refractivity contribution in [2.45, 2.75) is 40.3 Å². The number of aromatic nitrogens is 1. The first-order chi connectivity index (χ1) is 9.00. The van der Waals surface area contributed by atoms with Gasteiger partial charge in [-0.1, -0.05) is 24.3 Å². The molecule has 0 amide bonds. The fourth-order valence-electron chi connectivity index (χ4n) is 2.56. The van der Waals surface area contributed by atoms with Gasteiger partial charge in [-0.15, -0.1) is 0 Å². The van der Waals surface area contributed by atoms with E-state index in [0.29, 0.717) is 6.04 Å². The van der Waals surface area contributed by atoms with Gasteiger partial charge in [-0.3, -0.25) is 0 Å². The first kappa shape index (κ1) is 13.9. The molecule has 0 aliphatic rings. The highest BCUT2D eigenvalue weighted by molar-refractivity contribution is 5.29. The average molecular weight is 256 g/mol. The monoisotopic (exact) mass is 256 g/mol. The Balaban J connectivity index is 2.06. The molecule has 2 nitrogen and oxygen atoms in total. The standard InChI is InChI=1S/C17H24N2/c1-12-8-6-7-9-17(12)14(3)18-11-16-10-13(2)19(5)15(16)4/h6-10,14,18H,11H2,1-5H3/t14-/m1/s1. The minimum absolute atomic E-state index is 0.376. The molecule has 0 spiro atoms. The summed E-state index contributed by atoms with van der Waals surface area (Å²) in [5, 5.41) is 3.62. The van der Waals surface area contributed by atoms with Gasteiger partial charge in [-0.05, 0) is 50.5 Å². The van der Waals surface area contributed by atoms with Crippen molar-refractivity contribution in [3.8, 4) is 0 Å². The fourth-order valence-corrected chi connectivity index (χ4v) is 2.56. The molecule has 0 aliphatic heterocycles. The van der Waals surface area contributed by atoms with Crippen LogP contribution in [0.3, 0.4) is 0 Å². The fraction of sp³-hybridized carbons (Fsp3) is 0.412. The van der Waals surface area contributed by atoms with E-state index in [2.05, 4.69) is 75.0 Å². The molecule has 2 heteroatoms. The first-order valence-corrected chi connectivity index (χ1v) is 6.91. The number of aryl methyl sites for hydroxylation is 2. The molecule has 1 atom stereocenters. The molecule has 0 aliphatic carbocycles. The first-order valence-electron chi connectivity index (χ1n) is 6.91. The molecular formula is C17H24N2.